The minimum absolute atomic E-state index is 0.586. The van der Waals surface area contributed by atoms with E-state index < -0.39 is 0 Å². The maximum absolute atomic E-state index is 6.52. The van der Waals surface area contributed by atoms with Gasteiger partial charge in [-0.1, -0.05) is 164 Å². The lowest BCUT2D eigenvalue weighted by Gasteiger charge is -2.12. The van der Waals surface area contributed by atoms with Crippen LogP contribution in [0.2, 0.25) is 0 Å². The van der Waals surface area contributed by atoms with E-state index in [4.69, 9.17) is 19.4 Å². The average molecular weight is 668 g/mol. The Morgan fingerprint density at radius 3 is 2.02 bits per heavy atom. The second kappa shape index (κ2) is 13.4. The van der Waals surface area contributed by atoms with Crippen LogP contribution >= 0.6 is 0 Å². The zero-order valence-electron chi connectivity index (χ0n) is 28.4. The van der Waals surface area contributed by atoms with Crippen LogP contribution < -0.4 is 0 Å². The van der Waals surface area contributed by atoms with Crippen molar-refractivity contribution in [3.8, 4) is 45.3 Å². The molecule has 0 aliphatic heterocycles. The highest BCUT2D eigenvalue weighted by molar-refractivity contribution is 6.12. The Balaban J connectivity index is 1.24. The van der Waals surface area contributed by atoms with Crippen LogP contribution in [0.5, 0.6) is 0 Å². The summed E-state index contributed by atoms with van der Waals surface area (Å²) in [5.41, 5.74) is 9.76. The average Bonchev–Trinajstić information content (AvgIpc) is 3.58. The van der Waals surface area contributed by atoms with Gasteiger partial charge in [-0.3, -0.25) is 0 Å². The number of allylic oxidation sites excluding steroid dienone is 9. The lowest BCUT2D eigenvalue weighted by molar-refractivity contribution is 0.669. The topological polar surface area (TPSA) is 51.8 Å². The van der Waals surface area contributed by atoms with Crippen molar-refractivity contribution in [2.45, 2.75) is 6.42 Å². The number of aromatic nitrogens is 3. The molecule has 0 amide bonds. The molecule has 1 aliphatic rings. The van der Waals surface area contributed by atoms with E-state index in [1.807, 2.05) is 66.8 Å². The second-order valence-corrected chi connectivity index (χ2v) is 12.9. The predicted molar refractivity (Wildman–Crippen MR) is 216 cm³/mol. The van der Waals surface area contributed by atoms with Gasteiger partial charge >= 0.3 is 0 Å². The van der Waals surface area contributed by atoms with E-state index in [2.05, 4.69) is 116 Å². The van der Waals surface area contributed by atoms with Gasteiger partial charge in [0.2, 0.25) is 0 Å². The van der Waals surface area contributed by atoms with Gasteiger partial charge in [0.1, 0.15) is 11.2 Å². The van der Waals surface area contributed by atoms with Crippen molar-refractivity contribution in [1.29, 1.82) is 0 Å². The van der Waals surface area contributed by atoms with E-state index in [0.717, 1.165) is 67.3 Å². The maximum atomic E-state index is 6.52. The summed E-state index contributed by atoms with van der Waals surface area (Å²) in [6.45, 7) is 4.13. The van der Waals surface area contributed by atoms with Gasteiger partial charge in [0.25, 0.3) is 0 Å². The first-order valence-electron chi connectivity index (χ1n) is 17.4. The number of para-hydroxylation sites is 1. The minimum Gasteiger partial charge on any atom is -0.456 e. The largest absolute Gasteiger partial charge is 0.456 e. The highest BCUT2D eigenvalue weighted by atomic mass is 16.3. The van der Waals surface area contributed by atoms with Crippen molar-refractivity contribution >= 4 is 38.3 Å². The highest BCUT2D eigenvalue weighted by Crippen LogP contribution is 2.40. The molecule has 0 spiro atoms. The summed E-state index contributed by atoms with van der Waals surface area (Å²) >= 11 is 0. The third-order valence-electron chi connectivity index (χ3n) is 9.50. The summed E-state index contributed by atoms with van der Waals surface area (Å²) in [7, 11) is 0. The molecule has 0 atom stereocenters. The van der Waals surface area contributed by atoms with E-state index in [-0.39, 0.29) is 0 Å². The van der Waals surface area contributed by atoms with Gasteiger partial charge in [-0.2, -0.15) is 0 Å². The molecule has 8 aromatic rings. The molecule has 0 unspecified atom stereocenters. The third-order valence-corrected chi connectivity index (χ3v) is 9.50. The molecule has 6 aromatic carbocycles. The molecule has 2 heterocycles. The van der Waals surface area contributed by atoms with Crippen LogP contribution in [-0.2, 0) is 0 Å². The van der Waals surface area contributed by atoms with Gasteiger partial charge in [0.05, 0.1) is 0 Å². The van der Waals surface area contributed by atoms with Crippen LogP contribution in [0.4, 0.5) is 0 Å². The van der Waals surface area contributed by atoms with E-state index in [0.29, 0.717) is 17.5 Å². The Bertz CT molecular complexity index is 2760. The molecule has 0 radical (unpaired) electrons. The molecule has 0 saturated carbocycles. The molecule has 9 rings (SSSR count). The Kier molecular flexibility index (Phi) is 8.03. The first-order chi connectivity index (χ1) is 25.7. The molecule has 246 valence electrons. The molecule has 52 heavy (non-hydrogen) atoms. The van der Waals surface area contributed by atoms with Crippen LogP contribution in [-0.4, -0.2) is 15.0 Å². The molecule has 2 aromatic heterocycles. The number of fused-ring (bicyclic) bond motifs is 4. The normalized spacial score (nSPS) is 15.5. The predicted octanol–water partition coefficient (Wildman–Crippen LogP) is 12.6. The number of rotatable bonds is 5. The molecule has 4 heteroatoms. The zero-order chi connectivity index (χ0) is 34.9. The van der Waals surface area contributed by atoms with Gasteiger partial charge in [-0.05, 0) is 63.2 Å². The van der Waals surface area contributed by atoms with Gasteiger partial charge in [0, 0.05) is 27.5 Å². The highest BCUT2D eigenvalue weighted by Gasteiger charge is 2.20. The fraction of sp³-hybridized carbons (Fsp3) is 0.0208. The van der Waals surface area contributed by atoms with Crippen molar-refractivity contribution in [1.82, 2.24) is 15.0 Å². The molecular formula is C48H33N3O. The second-order valence-electron chi connectivity index (χ2n) is 12.9. The van der Waals surface area contributed by atoms with Crippen LogP contribution in [0.25, 0.3) is 83.6 Å². The summed E-state index contributed by atoms with van der Waals surface area (Å²) in [6.07, 6.45) is 15.2. The molecule has 4 nitrogen and oxygen atoms in total. The fourth-order valence-electron chi connectivity index (χ4n) is 6.91. The summed E-state index contributed by atoms with van der Waals surface area (Å²) in [5.74, 6) is 1.80. The standard InChI is InChI=1S/C48H33N3O/c1-32-14-4-2-5-16-33(20-12-15-32)38-30-42(45-41-23-10-11-25-43(41)52-44(45)31-38)48-50-46(36-18-6-3-7-19-36)49-47(51-48)37-28-26-35(27-29-37)40-24-13-21-34-17-8-9-22-39(34)40/h2-15,17-31H,1,16H2/b5-2-,14-4-,15-12?,33-20+. The molecular weight excluding hydrogens is 635 g/mol. The summed E-state index contributed by atoms with van der Waals surface area (Å²) in [4.78, 5) is 15.4. The molecule has 0 bridgehead atoms. The van der Waals surface area contributed by atoms with Gasteiger partial charge in [-0.15, -0.1) is 0 Å². The smallest absolute Gasteiger partial charge is 0.164 e. The Labute approximate surface area is 302 Å². The third kappa shape index (κ3) is 5.97. The molecule has 0 fully saturated rings. The first kappa shape index (κ1) is 31.1. The Hall–Kier alpha value is -6.91. The monoisotopic (exact) mass is 667 g/mol. The van der Waals surface area contributed by atoms with E-state index >= 15 is 0 Å². The molecule has 0 saturated heterocycles. The van der Waals surface area contributed by atoms with Crippen molar-refractivity contribution in [2.24, 2.45) is 0 Å². The minimum atomic E-state index is 0.586. The van der Waals surface area contributed by atoms with Crippen molar-refractivity contribution in [3.63, 3.8) is 0 Å². The summed E-state index contributed by atoms with van der Waals surface area (Å²) in [5, 5.41) is 4.43. The summed E-state index contributed by atoms with van der Waals surface area (Å²) in [6, 6.07) is 46.0. The van der Waals surface area contributed by atoms with Gasteiger partial charge in [0.15, 0.2) is 17.5 Å². The van der Waals surface area contributed by atoms with E-state index in [1.54, 1.807) is 0 Å². The first-order valence-corrected chi connectivity index (χ1v) is 17.4. The van der Waals surface area contributed by atoms with E-state index in [1.165, 1.54) is 16.3 Å². The van der Waals surface area contributed by atoms with Crippen LogP contribution in [0.15, 0.2) is 193 Å². The quantitative estimate of drug-likeness (QED) is 0.183. The van der Waals surface area contributed by atoms with Crippen molar-refractivity contribution in [3.05, 3.63) is 194 Å². The summed E-state index contributed by atoms with van der Waals surface area (Å²) < 4.78 is 6.52. The van der Waals surface area contributed by atoms with Crippen molar-refractivity contribution in [2.75, 3.05) is 0 Å². The SMILES string of the molecule is C=C1C=C/C=C(/c2cc(-c3nc(-c4ccccc4)nc(-c4ccc(-c5cccc6ccccc56)cc4)n3)c3c(c2)oc2ccccc23)C/C=C\C=C/1. The van der Waals surface area contributed by atoms with E-state index in [9.17, 15) is 0 Å². The molecule has 1 aliphatic carbocycles. The van der Waals surface area contributed by atoms with Crippen LogP contribution in [0.3, 0.4) is 0 Å². The van der Waals surface area contributed by atoms with Crippen LogP contribution in [0, 0.1) is 0 Å². The number of furan rings is 1. The lowest BCUT2D eigenvalue weighted by atomic mass is 9.95. The fourth-order valence-corrected chi connectivity index (χ4v) is 6.91. The van der Waals surface area contributed by atoms with Crippen LogP contribution in [0.1, 0.15) is 12.0 Å². The maximum Gasteiger partial charge on any atom is 0.164 e. The van der Waals surface area contributed by atoms with Gasteiger partial charge < -0.3 is 4.42 Å². The number of hydrogen-bond donors (Lipinski definition) is 0. The lowest BCUT2D eigenvalue weighted by Crippen LogP contribution is -2.01. The number of benzene rings is 6. The Morgan fingerprint density at radius 2 is 1.17 bits per heavy atom. The van der Waals surface area contributed by atoms with Gasteiger partial charge in [-0.25, -0.2) is 15.0 Å². The van der Waals surface area contributed by atoms with Crippen molar-refractivity contribution < 1.29 is 4.42 Å². The number of nitrogens with zero attached hydrogens (tertiary/aromatic N) is 3. The zero-order valence-corrected chi connectivity index (χ0v) is 28.4. The number of hydrogen-bond acceptors (Lipinski definition) is 4. The Morgan fingerprint density at radius 1 is 0.500 bits per heavy atom. The molecule has 0 N–H and O–H groups in total.